The van der Waals surface area contributed by atoms with Crippen LogP contribution < -0.4 is 0 Å². The number of aliphatic hydroxyl groups excluding tert-OH is 1. The van der Waals surface area contributed by atoms with Crippen LogP contribution in [0.25, 0.3) is 0 Å². The zero-order chi connectivity index (χ0) is 12.9. The number of hydrogen-bond acceptors (Lipinski definition) is 2. The highest BCUT2D eigenvalue weighted by atomic mass is 16.5. The summed E-state index contributed by atoms with van der Waals surface area (Å²) < 4.78 is 5.96. The van der Waals surface area contributed by atoms with Gasteiger partial charge in [0, 0.05) is 6.61 Å². The van der Waals surface area contributed by atoms with Gasteiger partial charge in [0.25, 0.3) is 0 Å². The fraction of sp³-hybridized carbons (Fsp3) is 0.867. The largest absolute Gasteiger partial charge is 0.390 e. The van der Waals surface area contributed by atoms with Crippen molar-refractivity contribution in [2.24, 2.45) is 5.92 Å². The van der Waals surface area contributed by atoms with E-state index in [9.17, 15) is 5.11 Å². The van der Waals surface area contributed by atoms with Crippen molar-refractivity contribution >= 4 is 0 Å². The molecule has 0 spiro atoms. The van der Waals surface area contributed by atoms with Crippen LogP contribution in [0.5, 0.6) is 0 Å². The molecule has 1 rings (SSSR count). The third kappa shape index (κ3) is 3.82. The van der Waals surface area contributed by atoms with Crippen molar-refractivity contribution < 1.29 is 9.84 Å². The van der Waals surface area contributed by atoms with E-state index in [0.717, 1.165) is 31.3 Å². The highest BCUT2D eigenvalue weighted by Gasteiger charge is 2.41. The molecule has 0 aliphatic heterocycles. The van der Waals surface area contributed by atoms with Gasteiger partial charge in [-0.2, -0.15) is 0 Å². The molecule has 0 amide bonds. The third-order valence-corrected chi connectivity index (χ3v) is 4.01. The van der Waals surface area contributed by atoms with E-state index >= 15 is 0 Å². The Hall–Kier alpha value is -0.340. The second kappa shape index (κ2) is 6.55. The maximum Gasteiger partial charge on any atom is 0.0945 e. The molecule has 0 aromatic rings. The van der Waals surface area contributed by atoms with E-state index in [2.05, 4.69) is 20.4 Å². The minimum absolute atomic E-state index is 0.315. The maximum atomic E-state index is 10.5. The zero-order valence-corrected chi connectivity index (χ0v) is 11.7. The molecule has 3 unspecified atom stereocenters. The lowest BCUT2D eigenvalue weighted by Gasteiger charge is -2.43. The van der Waals surface area contributed by atoms with Crippen LogP contribution in [0.2, 0.25) is 0 Å². The molecule has 0 radical (unpaired) electrons. The van der Waals surface area contributed by atoms with Gasteiger partial charge >= 0.3 is 0 Å². The predicted molar refractivity (Wildman–Crippen MR) is 72.0 cm³/mol. The van der Waals surface area contributed by atoms with Crippen LogP contribution in [0.4, 0.5) is 0 Å². The monoisotopic (exact) mass is 240 g/mol. The van der Waals surface area contributed by atoms with Crippen molar-refractivity contribution in [1.29, 1.82) is 0 Å². The van der Waals surface area contributed by atoms with Crippen LogP contribution in [0.15, 0.2) is 12.2 Å². The molecule has 17 heavy (non-hydrogen) atoms. The summed E-state index contributed by atoms with van der Waals surface area (Å²) in [6, 6.07) is 0. The molecule has 0 heterocycles. The molecule has 0 aromatic heterocycles. The Bertz CT molecular complexity index is 245. The smallest absolute Gasteiger partial charge is 0.0945 e. The molecular weight excluding hydrogens is 212 g/mol. The average Bonchev–Trinajstić information content (AvgIpc) is 2.29. The summed E-state index contributed by atoms with van der Waals surface area (Å²) in [5.74, 6) is 0.653. The summed E-state index contributed by atoms with van der Waals surface area (Å²) in [5, 5.41) is 10.5. The molecular formula is C15H28O2. The van der Waals surface area contributed by atoms with Gasteiger partial charge in [-0.3, -0.25) is 0 Å². The van der Waals surface area contributed by atoms with Gasteiger partial charge in [-0.1, -0.05) is 38.8 Å². The van der Waals surface area contributed by atoms with Crippen LogP contribution in [0.3, 0.4) is 0 Å². The molecule has 1 fully saturated rings. The van der Waals surface area contributed by atoms with Crippen LogP contribution in [0, 0.1) is 5.92 Å². The van der Waals surface area contributed by atoms with Crippen molar-refractivity contribution in [3.63, 3.8) is 0 Å². The van der Waals surface area contributed by atoms with Crippen LogP contribution >= 0.6 is 0 Å². The number of hydrogen-bond donors (Lipinski definition) is 1. The first-order valence-corrected chi connectivity index (χ1v) is 7.02. The van der Waals surface area contributed by atoms with Crippen LogP contribution in [-0.2, 0) is 4.74 Å². The first-order valence-electron chi connectivity index (χ1n) is 7.02. The minimum Gasteiger partial charge on any atom is -0.390 e. The van der Waals surface area contributed by atoms with E-state index in [1.54, 1.807) is 0 Å². The van der Waals surface area contributed by atoms with Crippen LogP contribution in [-0.4, -0.2) is 23.4 Å². The van der Waals surface area contributed by atoms with Gasteiger partial charge in [-0.05, 0) is 38.5 Å². The van der Waals surface area contributed by atoms with E-state index in [1.165, 1.54) is 6.42 Å². The van der Waals surface area contributed by atoms with E-state index in [4.69, 9.17) is 4.74 Å². The summed E-state index contributed by atoms with van der Waals surface area (Å²) >= 11 is 0. The fourth-order valence-corrected chi connectivity index (χ4v) is 2.96. The lowest BCUT2D eigenvalue weighted by atomic mass is 9.74. The molecule has 0 saturated heterocycles. The summed E-state index contributed by atoms with van der Waals surface area (Å²) in [4.78, 5) is 0. The van der Waals surface area contributed by atoms with Crippen molar-refractivity contribution in [3.8, 4) is 0 Å². The number of aliphatic hydroxyl groups is 1. The molecule has 2 nitrogen and oxygen atoms in total. The van der Waals surface area contributed by atoms with Gasteiger partial charge in [0.2, 0.25) is 0 Å². The predicted octanol–water partition coefficient (Wildman–Crippen LogP) is 3.69. The molecule has 3 atom stereocenters. The van der Waals surface area contributed by atoms with E-state index in [0.29, 0.717) is 18.9 Å². The molecule has 0 bridgehead atoms. The highest BCUT2D eigenvalue weighted by Crippen LogP contribution is 2.39. The lowest BCUT2D eigenvalue weighted by Crippen LogP contribution is -2.48. The minimum atomic E-state index is -0.391. The van der Waals surface area contributed by atoms with E-state index in [1.807, 2.05) is 6.92 Å². The van der Waals surface area contributed by atoms with E-state index < -0.39 is 6.10 Å². The van der Waals surface area contributed by atoms with Crippen molar-refractivity contribution in [3.05, 3.63) is 12.2 Å². The Morgan fingerprint density at radius 2 is 2.24 bits per heavy atom. The Labute approximate surface area is 106 Å². The first-order chi connectivity index (χ1) is 8.04. The Kier molecular flexibility index (Phi) is 5.68. The third-order valence-electron chi connectivity index (χ3n) is 4.01. The summed E-state index contributed by atoms with van der Waals surface area (Å²) in [6.07, 6.45) is 5.63. The Morgan fingerprint density at radius 3 is 2.76 bits per heavy atom. The second-order valence-corrected chi connectivity index (χ2v) is 5.52. The first kappa shape index (κ1) is 14.7. The van der Waals surface area contributed by atoms with Gasteiger partial charge in [0.1, 0.15) is 0 Å². The van der Waals surface area contributed by atoms with Gasteiger partial charge < -0.3 is 9.84 Å². The standard InChI is InChI=1S/C15H28O2/c1-5-12(3)10-14(16)15(17-6-2)9-7-8-13(4)11-15/h13-14,16H,3,5-11H2,1-2,4H3. The fourth-order valence-electron chi connectivity index (χ4n) is 2.96. The van der Waals surface area contributed by atoms with Crippen molar-refractivity contribution in [1.82, 2.24) is 0 Å². The summed E-state index contributed by atoms with van der Waals surface area (Å²) in [6.45, 7) is 11.0. The molecule has 2 heteroatoms. The Morgan fingerprint density at radius 1 is 1.53 bits per heavy atom. The maximum absolute atomic E-state index is 10.5. The lowest BCUT2D eigenvalue weighted by molar-refractivity contribution is -0.147. The normalized spacial score (nSPS) is 31.2. The van der Waals surface area contributed by atoms with Gasteiger partial charge in [-0.15, -0.1) is 0 Å². The van der Waals surface area contributed by atoms with Crippen LogP contribution in [0.1, 0.15) is 59.3 Å². The zero-order valence-electron chi connectivity index (χ0n) is 11.7. The van der Waals surface area contributed by atoms with Crippen molar-refractivity contribution in [2.45, 2.75) is 71.0 Å². The van der Waals surface area contributed by atoms with E-state index in [-0.39, 0.29) is 5.60 Å². The molecule has 1 saturated carbocycles. The molecule has 1 N–H and O–H groups in total. The number of rotatable bonds is 6. The average molecular weight is 240 g/mol. The molecule has 0 aromatic carbocycles. The highest BCUT2D eigenvalue weighted by molar-refractivity contribution is 5.02. The molecule has 100 valence electrons. The summed E-state index contributed by atoms with van der Waals surface area (Å²) in [7, 11) is 0. The topological polar surface area (TPSA) is 29.5 Å². The van der Waals surface area contributed by atoms with Gasteiger partial charge in [0.05, 0.1) is 11.7 Å². The van der Waals surface area contributed by atoms with Gasteiger partial charge in [0.15, 0.2) is 0 Å². The number of ether oxygens (including phenoxy) is 1. The second-order valence-electron chi connectivity index (χ2n) is 5.52. The molecule has 1 aliphatic carbocycles. The summed E-state index contributed by atoms with van der Waals surface area (Å²) in [5.41, 5.74) is 0.805. The van der Waals surface area contributed by atoms with Crippen molar-refractivity contribution in [2.75, 3.05) is 6.61 Å². The van der Waals surface area contributed by atoms with Gasteiger partial charge in [-0.25, -0.2) is 0 Å². The SMILES string of the molecule is C=C(CC)CC(O)C1(OCC)CCCC(C)C1. The quantitative estimate of drug-likeness (QED) is 0.717. The molecule has 1 aliphatic rings. The Balaban J connectivity index is 2.71.